The molecule has 0 spiro atoms. The van der Waals surface area contributed by atoms with Gasteiger partial charge in [-0.05, 0) is 80.2 Å². The third-order valence-electron chi connectivity index (χ3n) is 10.1. The Hall–Kier alpha value is -2.24. The van der Waals surface area contributed by atoms with E-state index in [4.69, 9.17) is 16.6 Å². The van der Waals surface area contributed by atoms with Crippen molar-refractivity contribution in [2.24, 2.45) is 23.2 Å². The van der Waals surface area contributed by atoms with Gasteiger partial charge in [0.15, 0.2) is 0 Å². The van der Waals surface area contributed by atoms with Crippen molar-refractivity contribution < 1.29 is 5.11 Å². The summed E-state index contributed by atoms with van der Waals surface area (Å²) in [6, 6.07) is 8.10. The number of rotatable bonds is 1. The van der Waals surface area contributed by atoms with Gasteiger partial charge in [-0.25, -0.2) is 4.98 Å². The van der Waals surface area contributed by atoms with E-state index in [0.29, 0.717) is 23.5 Å². The highest BCUT2D eigenvalue weighted by atomic mass is 35.5. The van der Waals surface area contributed by atoms with Crippen molar-refractivity contribution in [2.75, 3.05) is 0 Å². The molecule has 2 aromatic heterocycles. The van der Waals surface area contributed by atoms with Crippen LogP contribution in [0.3, 0.4) is 0 Å². The van der Waals surface area contributed by atoms with Crippen LogP contribution in [0.5, 0.6) is 0 Å². The van der Waals surface area contributed by atoms with Crippen LogP contribution in [-0.2, 0) is 11.8 Å². The normalized spacial score (nSPS) is 36.4. The molecule has 0 radical (unpaired) electrons. The number of hydrogen-bond acceptors (Lipinski definition) is 4. The summed E-state index contributed by atoms with van der Waals surface area (Å²) in [6.45, 7) is 4.94. The summed E-state index contributed by atoms with van der Waals surface area (Å²) in [4.78, 5) is 9.64. The molecule has 3 unspecified atom stereocenters. The maximum atomic E-state index is 10.3. The molecule has 6 atom stereocenters. The lowest BCUT2D eigenvalue weighted by molar-refractivity contribution is -0.0169. The molecule has 2 fully saturated rings. The Morgan fingerprint density at radius 3 is 2.65 bits per heavy atom. The Morgan fingerprint density at radius 1 is 1.03 bits per heavy atom. The SMILES string of the molecule is C[C@]12CC[C@H](O)CC1=CCC1C2CC[C@]2(C)c3nc4ncnn4c(-c4ccc(Cl)cc4)c3CC12. The van der Waals surface area contributed by atoms with E-state index in [9.17, 15) is 5.11 Å². The number of aliphatic hydroxyl groups is 1. The second-order valence-electron chi connectivity index (χ2n) is 11.6. The van der Waals surface area contributed by atoms with Crippen LogP contribution in [0, 0.1) is 23.2 Å². The number of halogens is 1. The molecular formula is C28H31ClN4O. The van der Waals surface area contributed by atoms with Crippen molar-refractivity contribution in [1.29, 1.82) is 0 Å². The molecule has 5 nitrogen and oxygen atoms in total. The fourth-order valence-corrected chi connectivity index (χ4v) is 8.43. The Bertz CT molecular complexity index is 1330. The van der Waals surface area contributed by atoms with Gasteiger partial charge in [0.25, 0.3) is 5.78 Å². The number of nitrogens with zero attached hydrogens (tertiary/aromatic N) is 4. The van der Waals surface area contributed by atoms with Gasteiger partial charge < -0.3 is 5.11 Å². The van der Waals surface area contributed by atoms with Gasteiger partial charge in [0.1, 0.15) is 6.33 Å². The zero-order chi connectivity index (χ0) is 23.2. The minimum absolute atomic E-state index is 0.0568. The number of fused-ring (bicyclic) bond motifs is 8. The fraction of sp³-hybridized carbons (Fsp3) is 0.536. The molecule has 0 saturated heterocycles. The molecule has 4 aliphatic rings. The highest BCUT2D eigenvalue weighted by molar-refractivity contribution is 6.30. The third kappa shape index (κ3) is 2.74. The number of aliphatic hydroxyl groups excluding tert-OH is 1. The van der Waals surface area contributed by atoms with Gasteiger partial charge in [0, 0.05) is 21.6 Å². The molecule has 2 saturated carbocycles. The molecule has 34 heavy (non-hydrogen) atoms. The van der Waals surface area contributed by atoms with Crippen molar-refractivity contribution >= 4 is 17.4 Å². The molecule has 0 amide bonds. The molecule has 2 heterocycles. The van der Waals surface area contributed by atoms with Crippen LogP contribution in [-0.4, -0.2) is 30.8 Å². The molecular weight excluding hydrogens is 444 g/mol. The lowest BCUT2D eigenvalue weighted by Crippen LogP contribution is -2.51. The van der Waals surface area contributed by atoms with E-state index in [2.05, 4.69) is 42.1 Å². The van der Waals surface area contributed by atoms with Crippen molar-refractivity contribution in [1.82, 2.24) is 19.6 Å². The number of hydrogen-bond donors (Lipinski definition) is 1. The smallest absolute Gasteiger partial charge is 0.252 e. The second-order valence-corrected chi connectivity index (χ2v) is 12.0. The third-order valence-corrected chi connectivity index (χ3v) is 10.3. The Kier molecular flexibility index (Phi) is 4.43. The van der Waals surface area contributed by atoms with Crippen LogP contribution in [0.15, 0.2) is 42.2 Å². The van der Waals surface area contributed by atoms with Gasteiger partial charge in [0.05, 0.1) is 17.5 Å². The first kappa shape index (κ1) is 21.1. The van der Waals surface area contributed by atoms with E-state index < -0.39 is 0 Å². The standard InChI is InChI=1S/C28H31ClN4O/c1-27-11-9-19(34)13-17(27)5-8-20-22(27)10-12-28(2)23(20)14-21-24(16-3-6-18(29)7-4-16)33-26(30-15-31-33)32-25(21)28/h3-7,15,19-20,22-23,34H,8-14H2,1-2H3/t19-,20?,22?,23?,27-,28-/m0/s1. The molecule has 1 N–H and O–H groups in total. The van der Waals surface area contributed by atoms with Crippen molar-refractivity contribution in [3.8, 4) is 11.3 Å². The maximum Gasteiger partial charge on any atom is 0.252 e. The van der Waals surface area contributed by atoms with Crippen LogP contribution < -0.4 is 0 Å². The average molecular weight is 475 g/mol. The number of allylic oxidation sites excluding steroid dienone is 1. The van der Waals surface area contributed by atoms with Crippen molar-refractivity contribution in [3.05, 3.63) is 58.5 Å². The van der Waals surface area contributed by atoms with Gasteiger partial charge in [-0.3, -0.25) is 0 Å². The zero-order valence-corrected chi connectivity index (χ0v) is 20.6. The second kappa shape index (κ2) is 7.14. The molecule has 0 bridgehead atoms. The summed E-state index contributed by atoms with van der Waals surface area (Å²) in [6.07, 6.45) is 11.4. The summed E-state index contributed by atoms with van der Waals surface area (Å²) < 4.78 is 1.92. The summed E-state index contributed by atoms with van der Waals surface area (Å²) in [5, 5.41) is 15.6. The van der Waals surface area contributed by atoms with E-state index in [1.54, 1.807) is 6.33 Å². The Balaban J connectivity index is 1.36. The summed E-state index contributed by atoms with van der Waals surface area (Å²) in [7, 11) is 0. The minimum atomic E-state index is -0.157. The first-order valence-electron chi connectivity index (χ1n) is 12.7. The van der Waals surface area contributed by atoms with E-state index in [1.165, 1.54) is 23.3 Å². The van der Waals surface area contributed by atoms with Gasteiger partial charge >= 0.3 is 0 Å². The van der Waals surface area contributed by atoms with Gasteiger partial charge in [0.2, 0.25) is 0 Å². The molecule has 6 heteroatoms. The Morgan fingerprint density at radius 2 is 1.82 bits per heavy atom. The largest absolute Gasteiger partial charge is 0.393 e. The van der Waals surface area contributed by atoms with E-state index >= 15 is 0 Å². The van der Waals surface area contributed by atoms with Crippen molar-refractivity contribution in [3.63, 3.8) is 0 Å². The van der Waals surface area contributed by atoms with Crippen LogP contribution in [0.4, 0.5) is 0 Å². The van der Waals surface area contributed by atoms with Crippen LogP contribution >= 0.6 is 11.6 Å². The molecule has 3 aromatic rings. The minimum Gasteiger partial charge on any atom is -0.393 e. The molecule has 7 rings (SSSR count). The lowest BCUT2D eigenvalue weighted by Gasteiger charge is -2.57. The average Bonchev–Trinajstić information content (AvgIpc) is 3.41. The Labute approximate surface area is 205 Å². The van der Waals surface area contributed by atoms with Crippen LogP contribution in [0.25, 0.3) is 17.0 Å². The van der Waals surface area contributed by atoms with E-state index in [-0.39, 0.29) is 16.9 Å². The van der Waals surface area contributed by atoms with Crippen molar-refractivity contribution in [2.45, 2.75) is 70.3 Å². The first-order valence-corrected chi connectivity index (χ1v) is 13.1. The quantitative estimate of drug-likeness (QED) is 0.454. The lowest BCUT2D eigenvalue weighted by atomic mass is 9.48. The summed E-state index contributed by atoms with van der Waals surface area (Å²) >= 11 is 6.22. The summed E-state index contributed by atoms with van der Waals surface area (Å²) in [5.74, 6) is 2.59. The molecule has 0 aliphatic heterocycles. The highest BCUT2D eigenvalue weighted by Gasteiger charge is 2.58. The van der Waals surface area contributed by atoms with E-state index in [1.807, 2.05) is 16.6 Å². The molecule has 4 aliphatic carbocycles. The van der Waals surface area contributed by atoms with Gasteiger partial charge in [-0.15, -0.1) is 0 Å². The number of aromatic nitrogens is 4. The maximum absolute atomic E-state index is 10.3. The van der Waals surface area contributed by atoms with Crippen LogP contribution in [0.2, 0.25) is 5.02 Å². The van der Waals surface area contributed by atoms with Gasteiger partial charge in [-0.2, -0.15) is 14.6 Å². The molecule has 1 aromatic carbocycles. The molecule has 176 valence electrons. The topological polar surface area (TPSA) is 63.3 Å². The van der Waals surface area contributed by atoms with Crippen LogP contribution in [0.1, 0.15) is 63.6 Å². The predicted octanol–water partition coefficient (Wildman–Crippen LogP) is 5.78. The fourth-order valence-electron chi connectivity index (χ4n) is 8.30. The van der Waals surface area contributed by atoms with E-state index in [0.717, 1.165) is 54.8 Å². The zero-order valence-electron chi connectivity index (χ0n) is 19.8. The predicted molar refractivity (Wildman–Crippen MR) is 133 cm³/mol. The van der Waals surface area contributed by atoms with Gasteiger partial charge in [-0.1, -0.05) is 49.2 Å². The first-order chi connectivity index (χ1) is 16.4. The number of benzene rings is 1. The summed E-state index contributed by atoms with van der Waals surface area (Å²) in [5.41, 5.74) is 6.64. The highest BCUT2D eigenvalue weighted by Crippen LogP contribution is 2.64. The monoisotopic (exact) mass is 474 g/mol.